The summed E-state index contributed by atoms with van der Waals surface area (Å²) in [5.41, 5.74) is 5.05. The van der Waals surface area contributed by atoms with Gasteiger partial charge in [-0.3, -0.25) is 4.79 Å². The van der Waals surface area contributed by atoms with Gasteiger partial charge in [0.1, 0.15) is 5.75 Å². The number of benzene rings is 3. The van der Waals surface area contributed by atoms with Gasteiger partial charge >= 0.3 is 0 Å². The third-order valence-corrected chi connectivity index (χ3v) is 6.49. The Bertz CT molecular complexity index is 1140. The van der Waals surface area contributed by atoms with Gasteiger partial charge in [0.05, 0.1) is 23.9 Å². The number of carbonyl (C=O) groups excluding carboxylic acids is 1. The number of ether oxygens (including phenoxy) is 1. The molecule has 2 aliphatic rings. The van der Waals surface area contributed by atoms with Crippen molar-refractivity contribution in [2.75, 3.05) is 11.9 Å². The minimum absolute atomic E-state index is 0.0597. The van der Waals surface area contributed by atoms with Gasteiger partial charge in [0, 0.05) is 18.0 Å². The van der Waals surface area contributed by atoms with Gasteiger partial charge in [-0.25, -0.2) is 0 Å². The maximum atomic E-state index is 13.2. The highest BCUT2D eigenvalue weighted by atomic mass is 16.5. The summed E-state index contributed by atoms with van der Waals surface area (Å²) in [6.45, 7) is 3.14. The normalized spacial score (nSPS) is 20.7. The lowest BCUT2D eigenvalue weighted by Gasteiger charge is -2.38. The number of allylic oxidation sites excluding steroid dienone is 2. The summed E-state index contributed by atoms with van der Waals surface area (Å²) in [6.07, 6.45) is 5.57. The van der Waals surface area contributed by atoms with E-state index in [2.05, 4.69) is 41.0 Å². The van der Waals surface area contributed by atoms with E-state index in [1.54, 1.807) is 0 Å². The molecule has 0 aromatic heterocycles. The number of hydrogen-bond acceptors (Lipinski definition) is 3. The zero-order valence-corrected chi connectivity index (χ0v) is 18.3. The molecule has 4 nitrogen and oxygen atoms in total. The standard InChI is InChI=1S/C28H28N2O2/c1-2-32-25-17-7-6-12-23(25)26-21-14-8-13-20(21)22-15-9-16-24(27(22)30-26)28(31)29-18-19-10-4-3-5-11-19/h3-13,15-17,20-21,26,30H,2,14,18H2,1H3,(H,29,31). The average molecular weight is 425 g/mol. The van der Waals surface area contributed by atoms with Crippen molar-refractivity contribution in [2.45, 2.75) is 31.8 Å². The fourth-order valence-electron chi connectivity index (χ4n) is 5.02. The van der Waals surface area contributed by atoms with Crippen LogP contribution in [0.4, 0.5) is 5.69 Å². The second kappa shape index (κ2) is 8.91. The Morgan fingerprint density at radius 1 is 1.00 bits per heavy atom. The highest BCUT2D eigenvalue weighted by Gasteiger charge is 2.40. The van der Waals surface area contributed by atoms with E-state index in [0.29, 0.717) is 24.6 Å². The van der Waals surface area contributed by atoms with Crippen LogP contribution < -0.4 is 15.4 Å². The summed E-state index contributed by atoms with van der Waals surface area (Å²) in [5.74, 6) is 1.53. The highest BCUT2D eigenvalue weighted by Crippen LogP contribution is 2.51. The van der Waals surface area contributed by atoms with Crippen molar-refractivity contribution in [3.8, 4) is 5.75 Å². The zero-order chi connectivity index (χ0) is 21.9. The van der Waals surface area contributed by atoms with Gasteiger partial charge in [-0.15, -0.1) is 0 Å². The van der Waals surface area contributed by atoms with Crippen molar-refractivity contribution in [1.29, 1.82) is 0 Å². The van der Waals surface area contributed by atoms with E-state index in [9.17, 15) is 4.79 Å². The molecule has 2 N–H and O–H groups in total. The number of rotatable bonds is 6. The maximum Gasteiger partial charge on any atom is 0.253 e. The Morgan fingerprint density at radius 3 is 2.62 bits per heavy atom. The molecule has 1 heterocycles. The van der Waals surface area contributed by atoms with Gasteiger partial charge < -0.3 is 15.4 Å². The van der Waals surface area contributed by atoms with Crippen LogP contribution in [0.2, 0.25) is 0 Å². The van der Waals surface area contributed by atoms with Crippen LogP contribution >= 0.6 is 0 Å². The summed E-state index contributed by atoms with van der Waals surface area (Å²) < 4.78 is 5.95. The minimum Gasteiger partial charge on any atom is -0.494 e. The number of para-hydroxylation sites is 2. The topological polar surface area (TPSA) is 50.4 Å². The van der Waals surface area contributed by atoms with Crippen LogP contribution in [-0.4, -0.2) is 12.5 Å². The lowest BCUT2D eigenvalue weighted by molar-refractivity contribution is 0.0951. The first-order chi connectivity index (χ1) is 15.8. The molecule has 1 amide bonds. The third-order valence-electron chi connectivity index (χ3n) is 6.49. The van der Waals surface area contributed by atoms with Crippen molar-refractivity contribution in [3.63, 3.8) is 0 Å². The number of nitrogens with one attached hydrogen (secondary N) is 2. The Labute approximate surface area is 189 Å². The van der Waals surface area contributed by atoms with E-state index in [0.717, 1.165) is 29.0 Å². The maximum absolute atomic E-state index is 13.2. The van der Waals surface area contributed by atoms with Gasteiger partial charge in [0.25, 0.3) is 5.91 Å². The molecule has 0 fully saturated rings. The number of carbonyl (C=O) groups is 1. The monoisotopic (exact) mass is 424 g/mol. The van der Waals surface area contributed by atoms with E-state index in [1.807, 2.05) is 61.5 Å². The quantitative estimate of drug-likeness (QED) is 0.489. The van der Waals surface area contributed by atoms with E-state index < -0.39 is 0 Å². The molecule has 0 saturated heterocycles. The van der Waals surface area contributed by atoms with Crippen molar-refractivity contribution in [2.24, 2.45) is 5.92 Å². The van der Waals surface area contributed by atoms with Gasteiger partial charge in [0.2, 0.25) is 0 Å². The van der Waals surface area contributed by atoms with Gasteiger partial charge in [0.15, 0.2) is 0 Å². The molecule has 0 radical (unpaired) electrons. The first kappa shape index (κ1) is 20.4. The number of anilines is 1. The van der Waals surface area contributed by atoms with Crippen molar-refractivity contribution < 1.29 is 9.53 Å². The molecule has 162 valence electrons. The number of fused-ring (bicyclic) bond motifs is 3. The summed E-state index contributed by atoms with van der Waals surface area (Å²) >= 11 is 0. The van der Waals surface area contributed by atoms with Crippen LogP contribution in [0.1, 0.15) is 52.4 Å². The Morgan fingerprint density at radius 2 is 1.78 bits per heavy atom. The largest absolute Gasteiger partial charge is 0.494 e. The fraction of sp³-hybridized carbons (Fsp3) is 0.250. The average Bonchev–Trinajstić information content (AvgIpc) is 3.33. The van der Waals surface area contributed by atoms with E-state index >= 15 is 0 Å². The molecule has 5 rings (SSSR count). The van der Waals surface area contributed by atoms with E-state index in [1.165, 1.54) is 5.56 Å². The smallest absolute Gasteiger partial charge is 0.253 e. The van der Waals surface area contributed by atoms with Crippen LogP contribution in [-0.2, 0) is 6.54 Å². The molecule has 1 aliphatic heterocycles. The van der Waals surface area contributed by atoms with E-state index in [4.69, 9.17) is 4.74 Å². The summed E-state index contributed by atoms with van der Waals surface area (Å²) in [5, 5.41) is 6.84. The molecule has 3 aromatic carbocycles. The predicted molar refractivity (Wildman–Crippen MR) is 128 cm³/mol. The van der Waals surface area contributed by atoms with E-state index in [-0.39, 0.29) is 17.9 Å². The molecule has 0 spiro atoms. The number of hydrogen-bond donors (Lipinski definition) is 2. The van der Waals surface area contributed by atoms with Crippen LogP contribution in [0.3, 0.4) is 0 Å². The molecule has 4 heteroatoms. The first-order valence-electron chi connectivity index (χ1n) is 11.4. The molecule has 3 unspecified atom stereocenters. The second-order valence-corrected chi connectivity index (χ2v) is 8.38. The zero-order valence-electron chi connectivity index (χ0n) is 18.3. The minimum atomic E-state index is -0.0597. The molecule has 3 atom stereocenters. The molecule has 0 bridgehead atoms. The predicted octanol–water partition coefficient (Wildman–Crippen LogP) is 5.84. The van der Waals surface area contributed by atoms with Crippen LogP contribution in [0.5, 0.6) is 5.75 Å². The summed E-state index contributed by atoms with van der Waals surface area (Å²) in [7, 11) is 0. The SMILES string of the molecule is CCOc1ccccc1C1Nc2c(C(=O)NCc3ccccc3)cccc2C2C=CCC21. The number of amides is 1. The molecule has 0 saturated carbocycles. The van der Waals surface area contributed by atoms with Gasteiger partial charge in [-0.1, -0.05) is 72.8 Å². The summed E-state index contributed by atoms with van der Waals surface area (Å²) in [6, 6.07) is 24.4. The summed E-state index contributed by atoms with van der Waals surface area (Å²) in [4.78, 5) is 13.2. The lowest BCUT2D eigenvalue weighted by Crippen LogP contribution is -2.32. The van der Waals surface area contributed by atoms with Crippen molar-refractivity contribution in [1.82, 2.24) is 5.32 Å². The third kappa shape index (κ3) is 3.77. The molecule has 32 heavy (non-hydrogen) atoms. The Balaban J connectivity index is 1.48. The Hall–Kier alpha value is -3.53. The fourth-order valence-corrected chi connectivity index (χ4v) is 5.02. The second-order valence-electron chi connectivity index (χ2n) is 8.38. The van der Waals surface area contributed by atoms with Crippen molar-refractivity contribution >= 4 is 11.6 Å². The van der Waals surface area contributed by atoms with Gasteiger partial charge in [-0.2, -0.15) is 0 Å². The molecule has 3 aromatic rings. The lowest BCUT2D eigenvalue weighted by atomic mass is 9.76. The van der Waals surface area contributed by atoms with Crippen LogP contribution in [0.15, 0.2) is 84.9 Å². The molecule has 1 aliphatic carbocycles. The highest BCUT2D eigenvalue weighted by molar-refractivity contribution is 6.00. The van der Waals surface area contributed by atoms with Crippen LogP contribution in [0, 0.1) is 5.92 Å². The van der Waals surface area contributed by atoms with Gasteiger partial charge in [-0.05, 0) is 42.5 Å². The molecular formula is C28H28N2O2. The molecular weight excluding hydrogens is 396 g/mol. The first-order valence-corrected chi connectivity index (χ1v) is 11.4. The van der Waals surface area contributed by atoms with Crippen molar-refractivity contribution in [3.05, 3.63) is 107 Å². The Kier molecular flexibility index (Phi) is 5.68. The van der Waals surface area contributed by atoms with Crippen LogP contribution in [0.25, 0.3) is 0 Å².